The lowest BCUT2D eigenvalue weighted by Gasteiger charge is -2.41. The summed E-state index contributed by atoms with van der Waals surface area (Å²) in [7, 11) is 0. The molecule has 1 aromatic rings. The molecule has 1 aliphatic rings. The fourth-order valence-corrected chi connectivity index (χ4v) is 3.90. The zero-order chi connectivity index (χ0) is 20.8. The van der Waals surface area contributed by atoms with Crippen LogP contribution in [0.2, 0.25) is 0 Å². The van der Waals surface area contributed by atoms with Crippen molar-refractivity contribution >= 4 is 5.69 Å². The molecule has 1 heterocycles. The minimum atomic E-state index is -4.51. The Labute approximate surface area is 166 Å². The van der Waals surface area contributed by atoms with Gasteiger partial charge in [0.1, 0.15) is 0 Å². The number of nitriles is 1. The molecule has 152 valence electrons. The molecule has 0 atom stereocenters. The van der Waals surface area contributed by atoms with E-state index in [1.807, 2.05) is 11.0 Å². The van der Waals surface area contributed by atoms with Gasteiger partial charge >= 0.3 is 6.18 Å². The Morgan fingerprint density at radius 3 is 2.54 bits per heavy atom. The van der Waals surface area contributed by atoms with Crippen LogP contribution in [-0.4, -0.2) is 13.1 Å². The number of nitrogens with zero attached hydrogens (tertiary/aromatic N) is 2. The van der Waals surface area contributed by atoms with E-state index in [4.69, 9.17) is 5.26 Å². The van der Waals surface area contributed by atoms with Gasteiger partial charge < -0.3 is 4.90 Å². The number of allylic oxidation sites excluding steroid dienone is 3. The Morgan fingerprint density at radius 1 is 1.32 bits per heavy atom. The number of anilines is 1. The summed E-state index contributed by atoms with van der Waals surface area (Å²) < 4.78 is 39.6. The molecule has 1 aromatic carbocycles. The fourth-order valence-electron chi connectivity index (χ4n) is 3.90. The van der Waals surface area contributed by atoms with Gasteiger partial charge in [0, 0.05) is 18.8 Å². The number of rotatable bonds is 7. The third-order valence-corrected chi connectivity index (χ3v) is 5.85. The SMILES string of the molecule is C=C/C=C(\CC)CCCC1(C)CCN(c2ccc(C#N)c(C(F)(F)F)c2)CC1. The highest BCUT2D eigenvalue weighted by Crippen LogP contribution is 2.39. The van der Waals surface area contributed by atoms with Gasteiger partial charge in [-0.25, -0.2) is 0 Å². The number of piperidine rings is 1. The summed E-state index contributed by atoms with van der Waals surface area (Å²) in [5, 5.41) is 8.95. The van der Waals surface area contributed by atoms with E-state index in [2.05, 4.69) is 26.5 Å². The summed E-state index contributed by atoms with van der Waals surface area (Å²) in [4.78, 5) is 2.01. The van der Waals surface area contributed by atoms with Crippen molar-refractivity contribution < 1.29 is 13.2 Å². The fraction of sp³-hybridized carbons (Fsp3) is 0.522. The van der Waals surface area contributed by atoms with Crippen molar-refractivity contribution in [3.8, 4) is 6.07 Å². The van der Waals surface area contributed by atoms with E-state index in [1.54, 1.807) is 12.1 Å². The van der Waals surface area contributed by atoms with Crippen LogP contribution in [0.5, 0.6) is 0 Å². The minimum Gasteiger partial charge on any atom is -0.371 e. The molecule has 0 aliphatic carbocycles. The molecule has 0 spiro atoms. The second kappa shape index (κ2) is 9.32. The van der Waals surface area contributed by atoms with Crippen LogP contribution in [0.1, 0.15) is 63.5 Å². The molecule has 5 heteroatoms. The highest BCUT2D eigenvalue weighted by molar-refractivity contribution is 5.55. The van der Waals surface area contributed by atoms with Crippen molar-refractivity contribution in [2.75, 3.05) is 18.0 Å². The molecule has 28 heavy (non-hydrogen) atoms. The van der Waals surface area contributed by atoms with Crippen LogP contribution >= 0.6 is 0 Å². The molecule has 0 radical (unpaired) electrons. The van der Waals surface area contributed by atoms with E-state index in [0.717, 1.165) is 57.7 Å². The van der Waals surface area contributed by atoms with Crippen LogP contribution in [-0.2, 0) is 6.18 Å². The molecule has 0 aromatic heterocycles. The smallest absolute Gasteiger partial charge is 0.371 e. The molecule has 2 nitrogen and oxygen atoms in total. The predicted octanol–water partition coefficient (Wildman–Crippen LogP) is 6.88. The molecule has 1 saturated heterocycles. The molecule has 0 bridgehead atoms. The summed E-state index contributed by atoms with van der Waals surface area (Å²) in [5.41, 5.74) is 1.02. The van der Waals surface area contributed by atoms with Crippen molar-refractivity contribution in [2.24, 2.45) is 5.41 Å². The normalized spacial score (nSPS) is 17.3. The van der Waals surface area contributed by atoms with Gasteiger partial charge in [0.05, 0.1) is 17.2 Å². The second-order valence-electron chi connectivity index (χ2n) is 7.90. The Hall–Kier alpha value is -2.22. The summed E-state index contributed by atoms with van der Waals surface area (Å²) in [5.74, 6) is 0. The second-order valence-corrected chi connectivity index (χ2v) is 7.90. The Kier molecular flexibility index (Phi) is 7.35. The molecule has 2 rings (SSSR count). The zero-order valence-electron chi connectivity index (χ0n) is 16.8. The van der Waals surface area contributed by atoms with E-state index in [-0.39, 0.29) is 11.0 Å². The first-order valence-electron chi connectivity index (χ1n) is 9.89. The highest BCUT2D eigenvalue weighted by atomic mass is 19.4. The molecular weight excluding hydrogens is 361 g/mol. The maximum Gasteiger partial charge on any atom is 0.417 e. The molecule has 0 N–H and O–H groups in total. The number of halogens is 3. The first-order valence-corrected chi connectivity index (χ1v) is 9.89. The van der Waals surface area contributed by atoms with Crippen LogP contribution in [0.15, 0.2) is 42.5 Å². The van der Waals surface area contributed by atoms with Crippen molar-refractivity contribution in [2.45, 2.75) is 58.5 Å². The quantitative estimate of drug-likeness (QED) is 0.475. The van der Waals surface area contributed by atoms with Gasteiger partial charge in [0.15, 0.2) is 0 Å². The predicted molar refractivity (Wildman–Crippen MR) is 108 cm³/mol. The summed E-state index contributed by atoms with van der Waals surface area (Å²) >= 11 is 0. The van der Waals surface area contributed by atoms with Crippen molar-refractivity contribution in [1.82, 2.24) is 0 Å². The van der Waals surface area contributed by atoms with Gasteiger partial charge in [0.2, 0.25) is 0 Å². The van der Waals surface area contributed by atoms with Crippen molar-refractivity contribution in [3.63, 3.8) is 0 Å². The van der Waals surface area contributed by atoms with Crippen molar-refractivity contribution in [1.29, 1.82) is 5.26 Å². The monoisotopic (exact) mass is 390 g/mol. The average molecular weight is 390 g/mol. The first-order chi connectivity index (χ1) is 13.2. The molecule has 1 aliphatic heterocycles. The molecule has 0 saturated carbocycles. The van der Waals surface area contributed by atoms with Gasteiger partial charge in [-0.1, -0.05) is 38.2 Å². The van der Waals surface area contributed by atoms with Crippen LogP contribution in [0.4, 0.5) is 18.9 Å². The van der Waals surface area contributed by atoms with Gasteiger partial charge in [0.25, 0.3) is 0 Å². The Morgan fingerprint density at radius 2 is 2.00 bits per heavy atom. The van der Waals surface area contributed by atoms with Gasteiger partial charge in [-0.2, -0.15) is 18.4 Å². The van der Waals surface area contributed by atoms with Crippen LogP contribution in [0.3, 0.4) is 0 Å². The summed E-state index contributed by atoms with van der Waals surface area (Å²) in [6, 6.07) is 5.67. The maximum atomic E-state index is 13.2. The molecule has 0 amide bonds. The topological polar surface area (TPSA) is 27.0 Å². The maximum absolute atomic E-state index is 13.2. The third kappa shape index (κ3) is 5.64. The summed E-state index contributed by atoms with van der Waals surface area (Å²) in [6.07, 6.45) is 5.70. The van der Waals surface area contributed by atoms with E-state index in [0.29, 0.717) is 5.69 Å². The van der Waals surface area contributed by atoms with Crippen LogP contribution in [0, 0.1) is 16.7 Å². The lowest BCUT2D eigenvalue weighted by Crippen LogP contribution is -2.38. The van der Waals surface area contributed by atoms with E-state index < -0.39 is 11.7 Å². The van der Waals surface area contributed by atoms with Gasteiger partial charge in [-0.3, -0.25) is 0 Å². The number of hydrogen-bond donors (Lipinski definition) is 0. The third-order valence-electron chi connectivity index (χ3n) is 5.85. The number of alkyl halides is 3. The molecule has 1 fully saturated rings. The van der Waals surface area contributed by atoms with E-state index in [1.165, 1.54) is 11.6 Å². The number of benzene rings is 1. The largest absolute Gasteiger partial charge is 0.417 e. The Bertz CT molecular complexity index is 748. The highest BCUT2D eigenvalue weighted by Gasteiger charge is 2.35. The first kappa shape index (κ1) is 22.1. The lowest BCUT2D eigenvalue weighted by atomic mass is 9.76. The standard InChI is InChI=1S/C23H29F3N2/c1-4-7-18(5-2)8-6-11-22(3)12-14-28(15-13-22)20-10-9-19(17-27)21(16-20)23(24,25)26/h4,7,9-10,16H,1,5-6,8,11-15H2,2-3H3/b18-7+. The zero-order valence-corrected chi connectivity index (χ0v) is 16.8. The van der Waals surface area contributed by atoms with Crippen LogP contribution < -0.4 is 4.90 Å². The van der Waals surface area contributed by atoms with Gasteiger partial charge in [-0.15, -0.1) is 0 Å². The summed E-state index contributed by atoms with van der Waals surface area (Å²) in [6.45, 7) is 9.68. The van der Waals surface area contributed by atoms with Crippen molar-refractivity contribution in [3.05, 3.63) is 53.6 Å². The average Bonchev–Trinajstić information content (AvgIpc) is 2.66. The minimum absolute atomic E-state index is 0.225. The van der Waals surface area contributed by atoms with Gasteiger partial charge in [-0.05, 0) is 62.1 Å². The van der Waals surface area contributed by atoms with E-state index >= 15 is 0 Å². The Balaban J connectivity index is 1.99. The van der Waals surface area contributed by atoms with Crippen LogP contribution in [0.25, 0.3) is 0 Å². The number of hydrogen-bond acceptors (Lipinski definition) is 2. The lowest BCUT2D eigenvalue weighted by molar-refractivity contribution is -0.137. The van der Waals surface area contributed by atoms with E-state index in [9.17, 15) is 13.2 Å². The molecular formula is C23H29F3N2. The molecule has 0 unspecified atom stereocenters.